The summed E-state index contributed by atoms with van der Waals surface area (Å²) in [5.74, 6) is -1.12. The third kappa shape index (κ3) is 10.5. The van der Waals surface area contributed by atoms with Gasteiger partial charge in [-0.25, -0.2) is 13.8 Å². The van der Waals surface area contributed by atoms with Gasteiger partial charge in [0.15, 0.2) is 11.6 Å². The normalized spacial score (nSPS) is 22.2. The molecule has 0 spiro atoms. The molecule has 59 heavy (non-hydrogen) atoms. The summed E-state index contributed by atoms with van der Waals surface area (Å²) >= 11 is 1.00. The van der Waals surface area contributed by atoms with Gasteiger partial charge in [-0.15, -0.1) is 11.3 Å². The number of hydrogen-bond donors (Lipinski definition) is 0. The van der Waals surface area contributed by atoms with Gasteiger partial charge >= 0.3 is 6.18 Å². The zero-order valence-corrected chi connectivity index (χ0v) is 37.2. The second-order valence-corrected chi connectivity index (χ2v) is 18.3. The predicted octanol–water partition coefficient (Wildman–Crippen LogP) is 12.8. The number of ether oxygens (including phenoxy) is 1. The minimum absolute atomic E-state index is 0.00491. The molecule has 2 aromatic rings. The van der Waals surface area contributed by atoms with Crippen molar-refractivity contribution in [2.45, 2.75) is 125 Å². The molecule has 3 aliphatic rings. The van der Waals surface area contributed by atoms with Crippen molar-refractivity contribution in [1.29, 1.82) is 5.26 Å². The fraction of sp³-hybridized carbons (Fsp3) is 0.553. The van der Waals surface area contributed by atoms with E-state index in [1.807, 2.05) is 25.8 Å². The Kier molecular flexibility index (Phi) is 15.8. The number of nitrogens with zero attached hydrogens (tertiary/aromatic N) is 4. The quantitative estimate of drug-likeness (QED) is 0.108. The summed E-state index contributed by atoms with van der Waals surface area (Å²) in [6.45, 7) is 26.9. The number of thiophene rings is 1. The SMILES string of the molecule is C=C(/N=C1/C(F)=C(c2ccc(F)c3sc(C(C)C)c(C#N)c23)C(C(F)(F)F)=C/C1=C(/C)N(C)C(CCC(C)CC)C(C)C)OCC12CCCN1CC(C)C2.C=CC(C)=O. The zero-order chi connectivity index (χ0) is 44.1. The van der Waals surface area contributed by atoms with Gasteiger partial charge in [-0.3, -0.25) is 9.69 Å². The van der Waals surface area contributed by atoms with Crippen LogP contribution >= 0.6 is 11.3 Å². The Morgan fingerprint density at radius 2 is 1.85 bits per heavy atom. The average Bonchev–Trinajstić information content (AvgIpc) is 3.85. The molecule has 1 aliphatic carbocycles. The molecule has 1 aromatic heterocycles. The molecule has 0 radical (unpaired) electrons. The molecule has 4 atom stereocenters. The van der Waals surface area contributed by atoms with Crippen LogP contribution in [0.25, 0.3) is 15.7 Å². The molecule has 1 aromatic carbocycles. The molecule has 0 N–H and O–H groups in total. The lowest BCUT2D eigenvalue weighted by molar-refractivity contribution is -0.112. The molecular weight excluding hydrogens is 780 g/mol. The average molecular weight is 841 g/mol. The standard InChI is InChI=1S/C43H55F5N4OS.C4H6O/c1-11-26(6)13-16-35(24(2)3)51(10)28(8)31-19-33(43(46,47)48)37(30-14-15-34(44)41-36(30)32(21-49)40(54-41)25(4)5)38(45)39(31)50-29(9)53-23-42-17-12-18-52(42)22-27(7)20-42;1-3-4(2)5/h14-15,19,24-27,35H,9,11-13,16-18,20,22-23H2,1-8,10H3;3H,1H2,2H3/b31-28+,50-39+;. The highest BCUT2D eigenvalue weighted by atomic mass is 32.1. The molecule has 4 unspecified atom stereocenters. The van der Waals surface area contributed by atoms with Crippen LogP contribution in [0.15, 0.2) is 71.0 Å². The largest absolute Gasteiger partial charge is 0.476 e. The second-order valence-electron chi connectivity index (χ2n) is 17.2. The van der Waals surface area contributed by atoms with Gasteiger partial charge in [0, 0.05) is 46.7 Å². The first-order valence-corrected chi connectivity index (χ1v) is 21.5. The molecule has 2 saturated heterocycles. The van der Waals surface area contributed by atoms with Gasteiger partial charge in [-0.1, -0.05) is 67.5 Å². The van der Waals surface area contributed by atoms with Gasteiger partial charge in [0.2, 0.25) is 5.88 Å². The zero-order valence-electron chi connectivity index (χ0n) is 36.4. The van der Waals surface area contributed by atoms with E-state index in [1.165, 1.54) is 13.0 Å². The monoisotopic (exact) mass is 840 g/mol. The first kappa shape index (κ1) is 47.6. The summed E-state index contributed by atoms with van der Waals surface area (Å²) in [5, 5.41) is 10.2. The second kappa shape index (κ2) is 19.5. The molecule has 0 bridgehead atoms. The van der Waals surface area contributed by atoms with Crippen molar-refractivity contribution in [2.24, 2.45) is 22.7 Å². The molecule has 0 saturated carbocycles. The summed E-state index contributed by atoms with van der Waals surface area (Å²) in [7, 11) is 1.83. The van der Waals surface area contributed by atoms with E-state index < -0.39 is 29.0 Å². The fourth-order valence-corrected chi connectivity index (χ4v) is 9.88. The topological polar surface area (TPSA) is 68.9 Å². The van der Waals surface area contributed by atoms with Gasteiger partial charge < -0.3 is 9.64 Å². The number of rotatable bonds is 14. The maximum Gasteiger partial charge on any atom is 0.417 e. The summed E-state index contributed by atoms with van der Waals surface area (Å²) in [5.41, 5.74) is -2.34. The Morgan fingerprint density at radius 1 is 1.19 bits per heavy atom. The van der Waals surface area contributed by atoms with E-state index in [1.54, 1.807) is 6.92 Å². The highest BCUT2D eigenvalue weighted by molar-refractivity contribution is 7.19. The lowest BCUT2D eigenvalue weighted by Crippen LogP contribution is -2.42. The number of ketones is 1. The van der Waals surface area contributed by atoms with Crippen molar-refractivity contribution in [3.63, 3.8) is 0 Å². The molecule has 2 fully saturated rings. The molecule has 12 heteroatoms. The molecule has 2 aliphatic heterocycles. The number of halogens is 5. The Morgan fingerprint density at radius 3 is 2.41 bits per heavy atom. The number of nitriles is 1. The molecular formula is C47H61F5N4O2S. The number of alkyl halides is 3. The maximum absolute atomic E-state index is 17.6. The number of carbonyl (C=O) groups is 1. The molecule has 3 heterocycles. The predicted molar refractivity (Wildman–Crippen MR) is 231 cm³/mol. The molecule has 322 valence electrons. The minimum atomic E-state index is -5.02. The first-order chi connectivity index (χ1) is 27.6. The van der Waals surface area contributed by atoms with E-state index in [-0.39, 0.29) is 74.2 Å². The minimum Gasteiger partial charge on any atom is -0.476 e. The van der Waals surface area contributed by atoms with Crippen molar-refractivity contribution >= 4 is 38.5 Å². The molecule has 6 nitrogen and oxygen atoms in total. The highest BCUT2D eigenvalue weighted by Crippen LogP contribution is 2.49. The van der Waals surface area contributed by atoms with E-state index in [4.69, 9.17) is 4.74 Å². The number of allylic oxidation sites excluding steroid dienone is 7. The van der Waals surface area contributed by atoms with Gasteiger partial charge in [0.1, 0.15) is 24.2 Å². The van der Waals surface area contributed by atoms with Crippen molar-refractivity contribution < 1.29 is 31.5 Å². The van der Waals surface area contributed by atoms with Gasteiger partial charge in [-0.2, -0.15) is 18.4 Å². The van der Waals surface area contributed by atoms with Crippen LogP contribution in [0.3, 0.4) is 0 Å². The lowest BCUT2D eigenvalue weighted by atomic mass is 9.84. The van der Waals surface area contributed by atoms with Gasteiger partial charge in [-0.05, 0) is 107 Å². The van der Waals surface area contributed by atoms with Crippen LogP contribution in [0.1, 0.15) is 123 Å². The van der Waals surface area contributed by atoms with Crippen LogP contribution in [0, 0.1) is 34.9 Å². The summed E-state index contributed by atoms with van der Waals surface area (Å²) < 4.78 is 85.1. The Balaban J connectivity index is 0.00000145. The Bertz CT molecular complexity index is 2080. The van der Waals surface area contributed by atoms with Crippen LogP contribution in [-0.4, -0.2) is 65.8 Å². The van der Waals surface area contributed by atoms with Crippen LogP contribution < -0.4 is 0 Å². The van der Waals surface area contributed by atoms with Crippen LogP contribution in [0.5, 0.6) is 0 Å². The van der Waals surface area contributed by atoms with Gasteiger partial charge in [0.05, 0.1) is 21.4 Å². The van der Waals surface area contributed by atoms with Crippen molar-refractivity contribution in [3.05, 3.63) is 87.8 Å². The number of hydrogen-bond acceptors (Lipinski definition) is 7. The highest BCUT2D eigenvalue weighted by Gasteiger charge is 2.48. The van der Waals surface area contributed by atoms with E-state index in [9.17, 15) is 10.1 Å². The number of aliphatic imine (C=N–C) groups is 1. The van der Waals surface area contributed by atoms with Crippen molar-refractivity contribution in [2.75, 3.05) is 26.7 Å². The number of carbonyl (C=O) groups excluding carboxylic acids is 1. The third-order valence-corrected chi connectivity index (χ3v) is 13.6. The van der Waals surface area contributed by atoms with Crippen molar-refractivity contribution in [3.8, 4) is 6.07 Å². The Labute approximate surface area is 351 Å². The van der Waals surface area contributed by atoms with Gasteiger partial charge in [0.25, 0.3) is 0 Å². The maximum atomic E-state index is 17.6. The van der Waals surface area contributed by atoms with Crippen LogP contribution in [0.2, 0.25) is 0 Å². The number of benzene rings is 1. The first-order valence-electron chi connectivity index (χ1n) is 20.7. The van der Waals surface area contributed by atoms with E-state index in [0.29, 0.717) is 22.4 Å². The summed E-state index contributed by atoms with van der Waals surface area (Å²) in [6.07, 6.45) is 2.87. The van der Waals surface area contributed by atoms with E-state index in [2.05, 4.69) is 63.7 Å². The van der Waals surface area contributed by atoms with Crippen LogP contribution in [-0.2, 0) is 9.53 Å². The smallest absolute Gasteiger partial charge is 0.417 e. The lowest BCUT2D eigenvalue weighted by Gasteiger charge is -2.36. The van der Waals surface area contributed by atoms with E-state index in [0.717, 1.165) is 81.2 Å². The van der Waals surface area contributed by atoms with Crippen molar-refractivity contribution in [1.82, 2.24) is 9.80 Å². The summed E-state index contributed by atoms with van der Waals surface area (Å²) in [4.78, 5) is 19.1. The Hall–Kier alpha value is -4.08. The van der Waals surface area contributed by atoms with Crippen LogP contribution in [0.4, 0.5) is 22.0 Å². The molecule has 5 rings (SSSR count). The molecule has 0 amide bonds. The third-order valence-electron chi connectivity index (χ3n) is 12.1. The number of fused-ring (bicyclic) bond motifs is 2. The van der Waals surface area contributed by atoms with E-state index >= 15 is 22.0 Å². The fourth-order valence-electron chi connectivity index (χ4n) is 8.70. The summed E-state index contributed by atoms with van der Waals surface area (Å²) in [6, 6.07) is 4.22.